The molecule has 0 atom stereocenters. The second-order valence-corrected chi connectivity index (χ2v) is 4.52. The highest BCUT2D eigenvalue weighted by molar-refractivity contribution is 6.42. The number of hydrogen-bond donors (Lipinski definition) is 0. The molecule has 0 saturated carbocycles. The Balaban J connectivity index is 2.98. The summed E-state index contributed by atoms with van der Waals surface area (Å²) in [6.07, 6.45) is 2.28. The molecule has 0 saturated heterocycles. The summed E-state index contributed by atoms with van der Waals surface area (Å²) in [6.45, 7) is 2.03. The quantitative estimate of drug-likeness (QED) is 0.699. The normalized spacial score (nSPS) is 10.4. The first kappa shape index (κ1) is 12.8. The lowest BCUT2D eigenvalue weighted by Crippen LogP contribution is -2.01. The smallest absolute Gasteiger partial charge is 0.165 e. The van der Waals surface area contributed by atoms with E-state index in [-0.39, 0.29) is 5.78 Å². The molecule has 0 spiro atoms. The summed E-state index contributed by atoms with van der Waals surface area (Å²) in [5.41, 5.74) is 0.385. The average molecular weight is 266 g/mol. The van der Waals surface area contributed by atoms with Gasteiger partial charge in [-0.3, -0.25) is 4.79 Å². The Morgan fingerprint density at radius 1 is 1.20 bits per heavy atom. The van der Waals surface area contributed by atoms with Gasteiger partial charge in [-0.2, -0.15) is 0 Å². The third kappa shape index (κ3) is 3.37. The van der Waals surface area contributed by atoms with Crippen LogP contribution < -0.4 is 0 Å². The first-order valence-electron chi connectivity index (χ1n) is 4.74. The maximum absolute atomic E-state index is 11.7. The van der Waals surface area contributed by atoms with Crippen molar-refractivity contribution < 1.29 is 4.79 Å². The van der Waals surface area contributed by atoms with Crippen molar-refractivity contribution in [3.05, 3.63) is 32.8 Å². The highest BCUT2D eigenvalue weighted by atomic mass is 35.5. The summed E-state index contributed by atoms with van der Waals surface area (Å²) in [4.78, 5) is 11.7. The fourth-order valence-corrected chi connectivity index (χ4v) is 2.30. The van der Waals surface area contributed by atoms with E-state index in [4.69, 9.17) is 34.8 Å². The Morgan fingerprint density at radius 3 is 2.20 bits per heavy atom. The zero-order chi connectivity index (χ0) is 11.4. The van der Waals surface area contributed by atoms with Crippen LogP contribution in [0.5, 0.6) is 0 Å². The molecule has 0 heterocycles. The molecular weight excluding hydrogens is 254 g/mol. The number of carbonyl (C=O) groups is 1. The molecule has 1 rings (SSSR count). The first-order valence-corrected chi connectivity index (χ1v) is 5.87. The van der Waals surface area contributed by atoms with Crippen LogP contribution in [-0.4, -0.2) is 5.78 Å². The van der Waals surface area contributed by atoms with Gasteiger partial charge < -0.3 is 0 Å². The molecule has 0 fully saturated rings. The van der Waals surface area contributed by atoms with Crippen LogP contribution in [0.4, 0.5) is 0 Å². The van der Waals surface area contributed by atoms with Crippen LogP contribution in [0, 0.1) is 0 Å². The van der Waals surface area contributed by atoms with Gasteiger partial charge >= 0.3 is 0 Å². The van der Waals surface area contributed by atoms with Gasteiger partial charge in [-0.25, -0.2) is 0 Å². The van der Waals surface area contributed by atoms with E-state index in [2.05, 4.69) is 0 Å². The largest absolute Gasteiger partial charge is 0.294 e. The molecular formula is C11H11Cl3O. The zero-order valence-electron chi connectivity index (χ0n) is 8.32. The van der Waals surface area contributed by atoms with Crippen molar-refractivity contribution in [2.24, 2.45) is 0 Å². The zero-order valence-corrected chi connectivity index (χ0v) is 10.6. The second-order valence-electron chi connectivity index (χ2n) is 3.27. The number of halogens is 3. The number of benzene rings is 1. The van der Waals surface area contributed by atoms with E-state index >= 15 is 0 Å². The standard InChI is InChI=1S/C11H11Cl3O/c1-2-3-4-10(15)11-8(13)5-7(12)6-9(11)14/h5-6H,2-4H2,1H3. The van der Waals surface area contributed by atoms with E-state index in [0.717, 1.165) is 12.8 Å². The maximum Gasteiger partial charge on any atom is 0.165 e. The summed E-state index contributed by atoms with van der Waals surface area (Å²) < 4.78 is 0. The molecule has 0 bridgehead atoms. The molecule has 0 aliphatic heterocycles. The van der Waals surface area contributed by atoms with Crippen molar-refractivity contribution in [1.29, 1.82) is 0 Å². The molecule has 0 aromatic heterocycles. The Bertz CT molecular complexity index is 351. The predicted molar refractivity (Wildman–Crippen MR) is 65.3 cm³/mol. The maximum atomic E-state index is 11.7. The van der Waals surface area contributed by atoms with Crippen LogP contribution in [0.3, 0.4) is 0 Å². The molecule has 82 valence electrons. The average Bonchev–Trinajstić information content (AvgIpc) is 2.12. The monoisotopic (exact) mass is 264 g/mol. The molecule has 0 unspecified atom stereocenters. The predicted octanol–water partition coefficient (Wildman–Crippen LogP) is 5.02. The molecule has 0 aliphatic carbocycles. The number of carbonyl (C=O) groups excluding carboxylic acids is 1. The molecule has 4 heteroatoms. The molecule has 1 aromatic rings. The highest BCUT2D eigenvalue weighted by Crippen LogP contribution is 2.30. The van der Waals surface area contributed by atoms with Gasteiger partial charge in [0, 0.05) is 11.4 Å². The molecule has 0 aliphatic rings. The summed E-state index contributed by atoms with van der Waals surface area (Å²) in [5.74, 6) is -0.0245. The van der Waals surface area contributed by atoms with Gasteiger partial charge in [0.2, 0.25) is 0 Å². The Morgan fingerprint density at radius 2 is 1.73 bits per heavy atom. The van der Waals surface area contributed by atoms with Crippen LogP contribution in [0.2, 0.25) is 15.1 Å². The minimum absolute atomic E-state index is 0.0245. The van der Waals surface area contributed by atoms with Crippen LogP contribution >= 0.6 is 34.8 Å². The minimum atomic E-state index is -0.0245. The summed E-state index contributed by atoms with van der Waals surface area (Å²) in [6, 6.07) is 3.07. The fraction of sp³-hybridized carbons (Fsp3) is 0.364. The van der Waals surface area contributed by atoms with Crippen molar-refractivity contribution in [2.45, 2.75) is 26.2 Å². The molecule has 15 heavy (non-hydrogen) atoms. The van der Waals surface area contributed by atoms with Crippen molar-refractivity contribution in [1.82, 2.24) is 0 Å². The number of ketones is 1. The van der Waals surface area contributed by atoms with Crippen LogP contribution in [-0.2, 0) is 0 Å². The number of rotatable bonds is 4. The summed E-state index contributed by atoms with van der Waals surface area (Å²) >= 11 is 17.6. The third-order valence-electron chi connectivity index (χ3n) is 2.04. The minimum Gasteiger partial charge on any atom is -0.294 e. The SMILES string of the molecule is CCCCC(=O)c1c(Cl)cc(Cl)cc1Cl. The van der Waals surface area contributed by atoms with Crippen molar-refractivity contribution >= 4 is 40.6 Å². The van der Waals surface area contributed by atoms with E-state index in [9.17, 15) is 4.79 Å². The van der Waals surface area contributed by atoms with Gasteiger partial charge in [0.05, 0.1) is 15.6 Å². The molecule has 1 aromatic carbocycles. The number of Topliss-reactive ketones (excluding diaryl/α,β-unsaturated/α-hetero) is 1. The van der Waals surface area contributed by atoms with Crippen LogP contribution in [0.15, 0.2) is 12.1 Å². The molecule has 1 nitrogen and oxygen atoms in total. The van der Waals surface area contributed by atoms with E-state index in [1.807, 2.05) is 6.92 Å². The van der Waals surface area contributed by atoms with Gasteiger partial charge in [-0.05, 0) is 18.6 Å². The molecule has 0 amide bonds. The van der Waals surface area contributed by atoms with Gasteiger partial charge in [0.15, 0.2) is 5.78 Å². The Labute approximate surface area is 104 Å². The summed E-state index contributed by atoms with van der Waals surface area (Å²) in [5, 5.41) is 1.10. The molecule has 0 radical (unpaired) electrons. The van der Waals surface area contributed by atoms with Gasteiger partial charge in [-0.15, -0.1) is 0 Å². The van der Waals surface area contributed by atoms with Crippen LogP contribution in [0.25, 0.3) is 0 Å². The van der Waals surface area contributed by atoms with E-state index in [0.29, 0.717) is 27.1 Å². The van der Waals surface area contributed by atoms with E-state index in [1.54, 1.807) is 0 Å². The number of hydrogen-bond acceptors (Lipinski definition) is 1. The first-order chi connectivity index (χ1) is 7.06. The lowest BCUT2D eigenvalue weighted by Gasteiger charge is -2.06. The Kier molecular flexibility index (Phi) is 4.91. The van der Waals surface area contributed by atoms with Gasteiger partial charge in [0.25, 0.3) is 0 Å². The topological polar surface area (TPSA) is 17.1 Å². The van der Waals surface area contributed by atoms with Crippen LogP contribution in [0.1, 0.15) is 36.5 Å². The van der Waals surface area contributed by atoms with Gasteiger partial charge in [0.1, 0.15) is 0 Å². The highest BCUT2D eigenvalue weighted by Gasteiger charge is 2.14. The Hall–Kier alpha value is -0.240. The lowest BCUT2D eigenvalue weighted by atomic mass is 10.1. The third-order valence-corrected chi connectivity index (χ3v) is 2.86. The number of unbranched alkanes of at least 4 members (excludes halogenated alkanes) is 1. The fourth-order valence-electron chi connectivity index (χ4n) is 1.27. The van der Waals surface area contributed by atoms with Gasteiger partial charge in [-0.1, -0.05) is 48.1 Å². The van der Waals surface area contributed by atoms with E-state index in [1.165, 1.54) is 12.1 Å². The second kappa shape index (κ2) is 5.74. The van der Waals surface area contributed by atoms with Crippen molar-refractivity contribution in [2.75, 3.05) is 0 Å². The van der Waals surface area contributed by atoms with E-state index < -0.39 is 0 Å². The van der Waals surface area contributed by atoms with Crippen molar-refractivity contribution in [3.8, 4) is 0 Å². The molecule has 0 N–H and O–H groups in total. The lowest BCUT2D eigenvalue weighted by molar-refractivity contribution is 0.0980. The van der Waals surface area contributed by atoms with Crippen molar-refractivity contribution in [3.63, 3.8) is 0 Å². The summed E-state index contributed by atoms with van der Waals surface area (Å²) in [7, 11) is 0.